The molecule has 1 aliphatic rings. The van der Waals surface area contributed by atoms with Crippen LogP contribution in [0.15, 0.2) is 24.9 Å². The maximum Gasteiger partial charge on any atom is 0.211 e. The number of aromatic amines is 1. The van der Waals surface area contributed by atoms with E-state index in [2.05, 4.69) is 47.3 Å². The fraction of sp³-hybridized carbons (Fsp3) is 0.471. The first-order valence-corrected chi connectivity index (χ1v) is 9.72. The number of H-pyrrole nitrogens is 1. The number of hydrogen-bond donors (Lipinski definition) is 2. The number of nitrogens with one attached hydrogen (secondary N) is 2. The second-order valence-electron chi connectivity index (χ2n) is 6.46. The summed E-state index contributed by atoms with van der Waals surface area (Å²) in [6, 6.07) is 0. The second-order valence-corrected chi connectivity index (χ2v) is 7.52. The van der Waals surface area contributed by atoms with Gasteiger partial charge in [-0.05, 0) is 25.8 Å². The normalized spacial score (nSPS) is 18.1. The van der Waals surface area contributed by atoms with Crippen LogP contribution in [-0.4, -0.2) is 48.1 Å². The highest BCUT2D eigenvalue weighted by Gasteiger charge is 2.23. The van der Waals surface area contributed by atoms with Crippen molar-refractivity contribution in [2.75, 3.05) is 18.4 Å². The summed E-state index contributed by atoms with van der Waals surface area (Å²) in [5.41, 5.74) is 2.20. The number of nitrogens with zero attached hydrogens (tertiary/aromatic N) is 6. The van der Waals surface area contributed by atoms with Gasteiger partial charge in [0.2, 0.25) is 5.13 Å². The molecule has 0 radical (unpaired) electrons. The molecule has 9 heteroatoms. The first-order chi connectivity index (χ1) is 12.8. The van der Waals surface area contributed by atoms with E-state index >= 15 is 0 Å². The maximum absolute atomic E-state index is 4.64. The van der Waals surface area contributed by atoms with Crippen molar-refractivity contribution in [1.29, 1.82) is 0 Å². The molecule has 4 rings (SSSR count). The lowest BCUT2D eigenvalue weighted by Gasteiger charge is -2.31. The van der Waals surface area contributed by atoms with E-state index in [1.54, 1.807) is 23.9 Å². The number of anilines is 2. The summed E-state index contributed by atoms with van der Waals surface area (Å²) >= 11 is 1.55. The minimum Gasteiger partial charge on any atom is -0.347 e. The van der Waals surface area contributed by atoms with Gasteiger partial charge in [-0.25, -0.2) is 9.97 Å². The van der Waals surface area contributed by atoms with Crippen molar-refractivity contribution in [3.8, 4) is 0 Å². The third-order valence-corrected chi connectivity index (χ3v) is 5.53. The molecule has 136 valence electrons. The minimum atomic E-state index is 0.418. The Bertz CT molecular complexity index is 814. The van der Waals surface area contributed by atoms with Gasteiger partial charge >= 0.3 is 0 Å². The van der Waals surface area contributed by atoms with Crippen molar-refractivity contribution in [3.63, 3.8) is 0 Å². The van der Waals surface area contributed by atoms with Crippen LogP contribution >= 0.6 is 11.3 Å². The van der Waals surface area contributed by atoms with Gasteiger partial charge in [0, 0.05) is 30.9 Å². The van der Waals surface area contributed by atoms with Gasteiger partial charge < -0.3 is 10.3 Å². The molecule has 3 aromatic rings. The Morgan fingerprint density at radius 1 is 1.27 bits per heavy atom. The largest absolute Gasteiger partial charge is 0.347 e. The third-order valence-electron chi connectivity index (χ3n) is 4.55. The van der Waals surface area contributed by atoms with Gasteiger partial charge in [-0.3, -0.25) is 9.88 Å². The lowest BCUT2D eigenvalue weighted by atomic mass is 9.95. The van der Waals surface area contributed by atoms with Crippen LogP contribution in [-0.2, 0) is 13.0 Å². The first-order valence-electron chi connectivity index (χ1n) is 8.91. The second kappa shape index (κ2) is 7.88. The van der Waals surface area contributed by atoms with Gasteiger partial charge in [0.1, 0.15) is 5.01 Å². The van der Waals surface area contributed by atoms with E-state index in [0.29, 0.717) is 11.7 Å². The zero-order chi connectivity index (χ0) is 17.8. The first kappa shape index (κ1) is 17.0. The molecule has 0 unspecified atom stereocenters. The molecule has 3 aromatic heterocycles. The Balaban J connectivity index is 1.38. The molecule has 1 saturated heterocycles. The van der Waals surface area contributed by atoms with Crippen LogP contribution in [0.5, 0.6) is 0 Å². The average molecular weight is 370 g/mol. The maximum atomic E-state index is 4.64. The monoisotopic (exact) mass is 370 g/mol. The van der Waals surface area contributed by atoms with Gasteiger partial charge in [0.25, 0.3) is 0 Å². The Morgan fingerprint density at radius 2 is 2.23 bits per heavy atom. The lowest BCUT2D eigenvalue weighted by molar-refractivity contribution is 0.196. The number of aryl methyl sites for hydroxylation is 1. The molecule has 1 fully saturated rings. The molecule has 2 N–H and O–H groups in total. The number of rotatable bonds is 6. The van der Waals surface area contributed by atoms with Crippen molar-refractivity contribution in [2.45, 2.75) is 38.6 Å². The SMILES string of the molecule is CCc1nnc(Nc2cnc([C@H]3CCCN(Cc4cnc[nH]4)C3)cn2)s1. The quantitative estimate of drug-likeness (QED) is 0.689. The smallest absolute Gasteiger partial charge is 0.211 e. The van der Waals surface area contributed by atoms with Gasteiger partial charge in [0.15, 0.2) is 5.82 Å². The van der Waals surface area contributed by atoms with E-state index in [1.165, 1.54) is 6.42 Å². The Morgan fingerprint density at radius 3 is 2.96 bits per heavy atom. The standard InChI is InChI=1S/C17H22N8S/c1-2-16-23-24-17(26-16)22-15-8-19-14(7-20-15)12-4-3-5-25(9-12)10-13-6-18-11-21-13/h6-8,11-12H,2-5,9-10H2,1H3,(H,18,21)(H,20,22,24)/t12-/m0/s1. The predicted octanol–water partition coefficient (Wildman–Crippen LogP) is 2.74. The summed E-state index contributed by atoms with van der Waals surface area (Å²) < 4.78 is 0. The minimum absolute atomic E-state index is 0.418. The van der Waals surface area contributed by atoms with Crippen molar-refractivity contribution in [2.24, 2.45) is 0 Å². The van der Waals surface area contributed by atoms with Crippen LogP contribution in [0.2, 0.25) is 0 Å². The van der Waals surface area contributed by atoms with Crippen LogP contribution in [0.1, 0.15) is 42.1 Å². The molecule has 4 heterocycles. The van der Waals surface area contributed by atoms with Crippen molar-refractivity contribution < 1.29 is 0 Å². The number of hydrogen-bond acceptors (Lipinski definition) is 8. The summed E-state index contributed by atoms with van der Waals surface area (Å²) in [4.78, 5) is 18.9. The topological polar surface area (TPSA) is 95.5 Å². The third kappa shape index (κ3) is 4.05. The molecule has 0 aliphatic carbocycles. The van der Waals surface area contributed by atoms with E-state index < -0.39 is 0 Å². The molecule has 26 heavy (non-hydrogen) atoms. The summed E-state index contributed by atoms with van der Waals surface area (Å²) in [7, 11) is 0. The Kier molecular flexibility index (Phi) is 5.16. The molecule has 0 saturated carbocycles. The van der Waals surface area contributed by atoms with E-state index in [0.717, 1.165) is 54.0 Å². The molecule has 8 nitrogen and oxygen atoms in total. The fourth-order valence-corrected chi connectivity index (χ4v) is 3.91. The summed E-state index contributed by atoms with van der Waals surface area (Å²) in [5, 5.41) is 13.2. The van der Waals surface area contributed by atoms with Crippen molar-refractivity contribution in [1.82, 2.24) is 35.0 Å². The molecule has 0 aromatic carbocycles. The Hall–Kier alpha value is -2.39. The molecule has 1 aliphatic heterocycles. The average Bonchev–Trinajstić information content (AvgIpc) is 3.34. The Labute approximate surface area is 156 Å². The molecule has 1 atom stereocenters. The van der Waals surface area contributed by atoms with E-state index in [4.69, 9.17) is 0 Å². The highest BCUT2D eigenvalue weighted by Crippen LogP contribution is 2.27. The van der Waals surface area contributed by atoms with Gasteiger partial charge in [0.05, 0.1) is 24.4 Å². The molecule has 0 spiro atoms. The summed E-state index contributed by atoms with van der Waals surface area (Å²) in [5.74, 6) is 1.12. The predicted molar refractivity (Wildman–Crippen MR) is 100 cm³/mol. The van der Waals surface area contributed by atoms with Crippen LogP contribution in [0, 0.1) is 0 Å². The molecule has 0 amide bonds. The molecular formula is C17H22N8S. The van der Waals surface area contributed by atoms with E-state index in [1.807, 2.05) is 12.4 Å². The van der Waals surface area contributed by atoms with Crippen LogP contribution < -0.4 is 5.32 Å². The van der Waals surface area contributed by atoms with E-state index in [9.17, 15) is 0 Å². The van der Waals surface area contributed by atoms with Crippen molar-refractivity contribution in [3.05, 3.63) is 41.3 Å². The van der Waals surface area contributed by atoms with E-state index in [-0.39, 0.29) is 0 Å². The van der Waals surface area contributed by atoms with Gasteiger partial charge in [-0.1, -0.05) is 18.3 Å². The number of aromatic nitrogens is 6. The number of imidazole rings is 1. The zero-order valence-electron chi connectivity index (χ0n) is 14.7. The summed E-state index contributed by atoms with van der Waals surface area (Å²) in [6.45, 7) is 5.08. The number of piperidine rings is 1. The van der Waals surface area contributed by atoms with Crippen LogP contribution in [0.4, 0.5) is 10.9 Å². The zero-order valence-corrected chi connectivity index (χ0v) is 15.5. The fourth-order valence-electron chi connectivity index (χ4n) is 3.22. The molecular weight excluding hydrogens is 348 g/mol. The van der Waals surface area contributed by atoms with Crippen molar-refractivity contribution >= 4 is 22.3 Å². The van der Waals surface area contributed by atoms with Gasteiger partial charge in [-0.15, -0.1) is 10.2 Å². The highest BCUT2D eigenvalue weighted by atomic mass is 32.1. The lowest BCUT2D eigenvalue weighted by Crippen LogP contribution is -2.34. The number of likely N-dealkylation sites (tertiary alicyclic amines) is 1. The highest BCUT2D eigenvalue weighted by molar-refractivity contribution is 7.15. The van der Waals surface area contributed by atoms with Crippen LogP contribution in [0.25, 0.3) is 0 Å². The van der Waals surface area contributed by atoms with Crippen LogP contribution in [0.3, 0.4) is 0 Å². The summed E-state index contributed by atoms with van der Waals surface area (Å²) in [6.07, 6.45) is 10.5. The van der Waals surface area contributed by atoms with Gasteiger partial charge in [-0.2, -0.15) is 0 Å². The molecule has 0 bridgehead atoms.